The molecule has 0 saturated heterocycles. The Morgan fingerprint density at radius 2 is 1.94 bits per heavy atom. The summed E-state index contributed by atoms with van der Waals surface area (Å²) in [4.78, 5) is 22.0. The Morgan fingerprint density at radius 1 is 1.25 bits per heavy atom. The van der Waals surface area contributed by atoms with E-state index in [0.717, 1.165) is 12.1 Å². The van der Waals surface area contributed by atoms with Crippen molar-refractivity contribution in [2.75, 3.05) is 0 Å². The quantitative estimate of drug-likeness (QED) is 0.740. The van der Waals surface area contributed by atoms with Gasteiger partial charge in [-0.3, -0.25) is 4.79 Å². The molecule has 1 aromatic carbocycles. The molecular formula is C10H5F2NO3. The Kier molecular flexibility index (Phi) is 2.19. The van der Waals surface area contributed by atoms with Crippen molar-refractivity contribution in [1.82, 2.24) is 0 Å². The molecule has 2 aromatic rings. The van der Waals surface area contributed by atoms with Gasteiger partial charge in [0.25, 0.3) is 5.91 Å². The van der Waals surface area contributed by atoms with Crippen molar-refractivity contribution in [2.24, 2.45) is 5.73 Å². The number of carbonyl (C=O) groups excluding carboxylic acids is 1. The maximum Gasteiger partial charge on any atom is 0.349 e. The topological polar surface area (TPSA) is 73.3 Å². The molecular weight excluding hydrogens is 220 g/mol. The first kappa shape index (κ1) is 10.3. The maximum absolute atomic E-state index is 13.3. The van der Waals surface area contributed by atoms with Gasteiger partial charge in [-0.05, 0) is 6.07 Å². The number of carbonyl (C=O) groups is 1. The summed E-state index contributed by atoms with van der Waals surface area (Å²) in [6.07, 6.45) is 0. The van der Waals surface area contributed by atoms with E-state index in [9.17, 15) is 18.4 Å². The molecule has 4 nitrogen and oxygen atoms in total. The minimum atomic E-state index is -1.03. The fraction of sp³-hybridized carbons (Fsp3) is 0. The van der Waals surface area contributed by atoms with Gasteiger partial charge < -0.3 is 10.2 Å². The van der Waals surface area contributed by atoms with Gasteiger partial charge in [0.2, 0.25) is 0 Å². The Hall–Kier alpha value is -2.24. The van der Waals surface area contributed by atoms with E-state index in [1.54, 1.807) is 0 Å². The number of benzene rings is 1. The lowest BCUT2D eigenvalue weighted by Crippen LogP contribution is -2.20. The zero-order chi connectivity index (χ0) is 11.9. The van der Waals surface area contributed by atoms with Crippen LogP contribution in [0.5, 0.6) is 0 Å². The number of amides is 1. The summed E-state index contributed by atoms with van der Waals surface area (Å²) < 4.78 is 30.6. The molecule has 0 aliphatic rings. The van der Waals surface area contributed by atoms with Crippen LogP contribution in [0, 0.1) is 11.6 Å². The number of rotatable bonds is 1. The second kappa shape index (κ2) is 3.41. The van der Waals surface area contributed by atoms with Crippen molar-refractivity contribution in [3.8, 4) is 0 Å². The fourth-order valence-electron chi connectivity index (χ4n) is 1.32. The van der Waals surface area contributed by atoms with Crippen molar-refractivity contribution in [3.05, 3.63) is 45.8 Å². The predicted octanol–water partition coefficient (Wildman–Crippen LogP) is 1.17. The standard InChI is InChI=1S/C10H5F2NO3/c11-4-1-7(12)5-3-6(9(13)14)10(15)16-8(5)2-4/h1-3H,(H2,13,14). The minimum Gasteiger partial charge on any atom is -0.422 e. The highest BCUT2D eigenvalue weighted by molar-refractivity contribution is 5.95. The van der Waals surface area contributed by atoms with Crippen molar-refractivity contribution in [3.63, 3.8) is 0 Å². The SMILES string of the molecule is NC(=O)c1cc2c(F)cc(F)cc2oc1=O. The smallest absolute Gasteiger partial charge is 0.349 e. The van der Waals surface area contributed by atoms with Crippen LogP contribution < -0.4 is 11.4 Å². The van der Waals surface area contributed by atoms with Crippen molar-refractivity contribution in [1.29, 1.82) is 0 Å². The highest BCUT2D eigenvalue weighted by Crippen LogP contribution is 2.18. The number of primary amides is 1. The average molecular weight is 225 g/mol. The van der Waals surface area contributed by atoms with Gasteiger partial charge in [-0.2, -0.15) is 0 Å². The van der Waals surface area contributed by atoms with Crippen molar-refractivity contribution >= 4 is 16.9 Å². The summed E-state index contributed by atoms with van der Waals surface area (Å²) >= 11 is 0. The average Bonchev–Trinajstić information content (AvgIpc) is 2.15. The molecule has 1 heterocycles. The molecule has 82 valence electrons. The summed E-state index contributed by atoms with van der Waals surface area (Å²) in [5, 5.41) is -0.171. The van der Waals surface area contributed by atoms with Gasteiger partial charge >= 0.3 is 5.63 Å². The molecule has 2 rings (SSSR count). The van der Waals surface area contributed by atoms with Crippen LogP contribution in [0.2, 0.25) is 0 Å². The monoisotopic (exact) mass is 225 g/mol. The van der Waals surface area contributed by atoms with Crippen molar-refractivity contribution in [2.45, 2.75) is 0 Å². The summed E-state index contributed by atoms with van der Waals surface area (Å²) in [5.41, 5.74) is 3.12. The van der Waals surface area contributed by atoms with Crippen LogP contribution in [-0.2, 0) is 0 Å². The lowest BCUT2D eigenvalue weighted by molar-refractivity contribution is 0.0997. The highest BCUT2D eigenvalue weighted by atomic mass is 19.1. The van der Waals surface area contributed by atoms with Gasteiger partial charge in [-0.15, -0.1) is 0 Å². The first-order chi connectivity index (χ1) is 7.49. The summed E-state index contributed by atoms with van der Waals surface area (Å²) in [5.74, 6) is -2.83. The van der Waals surface area contributed by atoms with E-state index in [2.05, 4.69) is 4.42 Å². The third kappa shape index (κ3) is 1.54. The van der Waals surface area contributed by atoms with Gasteiger partial charge in [-0.1, -0.05) is 0 Å². The molecule has 0 bridgehead atoms. The molecule has 0 fully saturated rings. The predicted molar refractivity (Wildman–Crippen MR) is 50.9 cm³/mol. The maximum atomic E-state index is 13.3. The fourth-order valence-corrected chi connectivity index (χ4v) is 1.32. The summed E-state index contributed by atoms with van der Waals surface area (Å²) in [6.45, 7) is 0. The Balaban J connectivity index is 2.90. The van der Waals surface area contributed by atoms with E-state index in [-0.39, 0.29) is 11.0 Å². The zero-order valence-corrected chi connectivity index (χ0v) is 7.79. The molecule has 2 N–H and O–H groups in total. The number of nitrogens with two attached hydrogens (primary N) is 1. The molecule has 0 aliphatic heterocycles. The first-order valence-corrected chi connectivity index (χ1v) is 4.22. The van der Waals surface area contributed by atoms with E-state index in [1.807, 2.05) is 0 Å². The largest absolute Gasteiger partial charge is 0.422 e. The third-order valence-electron chi connectivity index (χ3n) is 2.03. The lowest BCUT2D eigenvalue weighted by atomic mass is 10.1. The van der Waals surface area contributed by atoms with Gasteiger partial charge in [0, 0.05) is 12.1 Å². The van der Waals surface area contributed by atoms with Gasteiger partial charge in [0.1, 0.15) is 22.8 Å². The Morgan fingerprint density at radius 3 is 2.56 bits per heavy atom. The van der Waals surface area contributed by atoms with E-state index in [0.29, 0.717) is 6.07 Å². The zero-order valence-electron chi connectivity index (χ0n) is 7.79. The van der Waals surface area contributed by atoms with E-state index in [4.69, 9.17) is 5.73 Å². The highest BCUT2D eigenvalue weighted by Gasteiger charge is 2.13. The van der Waals surface area contributed by atoms with Crippen LogP contribution in [0.4, 0.5) is 8.78 Å². The number of hydrogen-bond acceptors (Lipinski definition) is 3. The molecule has 0 aliphatic carbocycles. The van der Waals surface area contributed by atoms with Gasteiger partial charge in [-0.25, -0.2) is 13.6 Å². The summed E-state index contributed by atoms with van der Waals surface area (Å²) in [6, 6.07) is 2.41. The summed E-state index contributed by atoms with van der Waals surface area (Å²) in [7, 11) is 0. The molecule has 0 unspecified atom stereocenters. The number of halogens is 2. The van der Waals surface area contributed by atoms with E-state index < -0.39 is 28.7 Å². The lowest BCUT2D eigenvalue weighted by Gasteiger charge is -2.00. The van der Waals surface area contributed by atoms with Crippen LogP contribution in [0.1, 0.15) is 10.4 Å². The molecule has 1 amide bonds. The minimum absolute atomic E-state index is 0.171. The second-order valence-corrected chi connectivity index (χ2v) is 3.11. The van der Waals surface area contributed by atoms with E-state index >= 15 is 0 Å². The van der Waals surface area contributed by atoms with Crippen LogP contribution >= 0.6 is 0 Å². The van der Waals surface area contributed by atoms with Gasteiger partial charge in [0.05, 0.1) is 5.39 Å². The molecule has 16 heavy (non-hydrogen) atoms. The van der Waals surface area contributed by atoms with Crippen LogP contribution in [0.15, 0.2) is 27.4 Å². The normalized spacial score (nSPS) is 10.6. The first-order valence-electron chi connectivity index (χ1n) is 4.22. The van der Waals surface area contributed by atoms with Crippen molar-refractivity contribution < 1.29 is 18.0 Å². The second-order valence-electron chi connectivity index (χ2n) is 3.11. The molecule has 1 aromatic heterocycles. The van der Waals surface area contributed by atoms with Crippen LogP contribution in [-0.4, -0.2) is 5.91 Å². The van der Waals surface area contributed by atoms with Crippen LogP contribution in [0.25, 0.3) is 11.0 Å². The molecule has 0 radical (unpaired) electrons. The Bertz CT molecular complexity index is 648. The van der Waals surface area contributed by atoms with Gasteiger partial charge in [0.15, 0.2) is 0 Å². The number of fused-ring (bicyclic) bond motifs is 1. The number of hydrogen-bond donors (Lipinski definition) is 1. The molecule has 6 heteroatoms. The molecule has 0 saturated carbocycles. The third-order valence-corrected chi connectivity index (χ3v) is 2.03. The Labute approximate surface area is 87.3 Å². The molecule has 0 atom stereocenters. The van der Waals surface area contributed by atoms with E-state index in [1.165, 1.54) is 0 Å². The van der Waals surface area contributed by atoms with Crippen LogP contribution in [0.3, 0.4) is 0 Å². The molecule has 0 spiro atoms.